The third-order valence-electron chi connectivity index (χ3n) is 2.56. The fourth-order valence-electron chi connectivity index (χ4n) is 1.20. The van der Waals surface area contributed by atoms with Crippen molar-refractivity contribution in [2.24, 2.45) is 11.8 Å². The van der Waals surface area contributed by atoms with Crippen molar-refractivity contribution in [1.82, 2.24) is 0 Å². The number of phenols is 2. The lowest BCUT2D eigenvalue weighted by Crippen LogP contribution is -2.02. The van der Waals surface area contributed by atoms with Crippen molar-refractivity contribution in [3.8, 4) is 11.5 Å². The van der Waals surface area contributed by atoms with Crippen LogP contribution in [0.25, 0.3) is 0 Å². The molecule has 1 rings (SSSR count). The van der Waals surface area contributed by atoms with Crippen molar-refractivity contribution in [1.29, 1.82) is 0 Å². The predicted molar refractivity (Wildman–Crippen MR) is 79.5 cm³/mol. The molecule has 0 radical (unpaired) electrons. The predicted octanol–water partition coefficient (Wildman–Crippen LogP) is 4.19. The third kappa shape index (κ3) is 11.6. The Bertz CT molecular complexity index is 291. The molecule has 0 aliphatic carbocycles. The van der Waals surface area contributed by atoms with E-state index in [1.165, 1.54) is 25.0 Å². The molecule has 0 amide bonds. The average Bonchev–Trinajstić information content (AvgIpc) is 2.32. The molecule has 3 nitrogen and oxygen atoms in total. The van der Waals surface area contributed by atoms with Crippen LogP contribution < -0.4 is 0 Å². The second kappa shape index (κ2) is 10.7. The van der Waals surface area contributed by atoms with Gasteiger partial charge in [-0.25, -0.2) is 0 Å². The van der Waals surface area contributed by atoms with E-state index in [0.29, 0.717) is 0 Å². The topological polar surface area (TPSA) is 49.7 Å². The minimum absolute atomic E-state index is 0.0764. The van der Waals surface area contributed by atoms with Gasteiger partial charge in [0.2, 0.25) is 0 Å². The molecule has 110 valence electrons. The molecule has 0 bridgehead atoms. The van der Waals surface area contributed by atoms with Crippen molar-refractivity contribution in [3.63, 3.8) is 0 Å². The summed E-state index contributed by atoms with van der Waals surface area (Å²) in [6.45, 7) is 10.8. The summed E-state index contributed by atoms with van der Waals surface area (Å²) in [5, 5.41) is 17.3. The minimum Gasteiger partial charge on any atom is -0.504 e. The number of hydrogen-bond acceptors (Lipinski definition) is 3. The van der Waals surface area contributed by atoms with Gasteiger partial charge in [-0.05, 0) is 36.8 Å². The van der Waals surface area contributed by atoms with E-state index in [2.05, 4.69) is 27.7 Å². The number of hydrogen-bond donors (Lipinski definition) is 2. The first-order valence-corrected chi connectivity index (χ1v) is 6.98. The van der Waals surface area contributed by atoms with Gasteiger partial charge >= 0.3 is 0 Å². The molecule has 0 saturated carbocycles. The molecule has 0 heterocycles. The molecule has 0 aliphatic heterocycles. The van der Waals surface area contributed by atoms with E-state index < -0.39 is 0 Å². The Kier molecular flexibility index (Phi) is 9.99. The van der Waals surface area contributed by atoms with Crippen LogP contribution in [-0.2, 0) is 4.74 Å². The van der Waals surface area contributed by atoms with Crippen LogP contribution in [0.2, 0.25) is 0 Å². The van der Waals surface area contributed by atoms with Gasteiger partial charge in [0.1, 0.15) is 0 Å². The molecule has 0 fully saturated rings. The molecule has 0 aliphatic rings. The van der Waals surface area contributed by atoms with Crippen LogP contribution in [-0.4, -0.2) is 23.4 Å². The molecular formula is C16H28O3. The summed E-state index contributed by atoms with van der Waals surface area (Å²) in [7, 11) is 0. The van der Waals surface area contributed by atoms with Crippen LogP contribution in [0.4, 0.5) is 0 Å². The summed E-state index contributed by atoms with van der Waals surface area (Å²) in [5.74, 6) is 1.39. The smallest absolute Gasteiger partial charge is 0.157 e. The first-order valence-electron chi connectivity index (χ1n) is 6.98. The molecule has 0 atom stereocenters. The van der Waals surface area contributed by atoms with Crippen molar-refractivity contribution in [2.75, 3.05) is 13.2 Å². The van der Waals surface area contributed by atoms with Crippen molar-refractivity contribution in [3.05, 3.63) is 24.3 Å². The van der Waals surface area contributed by atoms with Crippen molar-refractivity contribution in [2.45, 2.75) is 40.5 Å². The zero-order chi connectivity index (χ0) is 14.7. The lowest BCUT2D eigenvalue weighted by atomic mass is 10.1. The Morgan fingerprint density at radius 3 is 1.47 bits per heavy atom. The van der Waals surface area contributed by atoms with Crippen molar-refractivity contribution < 1.29 is 14.9 Å². The van der Waals surface area contributed by atoms with Gasteiger partial charge in [0.05, 0.1) is 0 Å². The highest BCUT2D eigenvalue weighted by atomic mass is 16.5. The molecule has 0 unspecified atom stereocenters. The molecule has 0 saturated heterocycles. The van der Waals surface area contributed by atoms with Crippen LogP contribution in [0, 0.1) is 11.8 Å². The first-order chi connectivity index (χ1) is 8.93. The average molecular weight is 268 g/mol. The fourth-order valence-corrected chi connectivity index (χ4v) is 1.20. The SMILES string of the molecule is CC(C)CCOCCC(C)C.Oc1ccccc1O. The maximum Gasteiger partial charge on any atom is 0.157 e. The van der Waals surface area contributed by atoms with Crippen molar-refractivity contribution >= 4 is 0 Å². The monoisotopic (exact) mass is 268 g/mol. The fraction of sp³-hybridized carbons (Fsp3) is 0.625. The maximum absolute atomic E-state index is 8.67. The Labute approximate surface area is 117 Å². The molecular weight excluding hydrogens is 240 g/mol. The van der Waals surface area contributed by atoms with Gasteiger partial charge in [0, 0.05) is 13.2 Å². The molecule has 3 heteroatoms. The number of ether oxygens (including phenoxy) is 1. The summed E-state index contributed by atoms with van der Waals surface area (Å²) < 4.78 is 5.46. The Morgan fingerprint density at radius 2 is 1.21 bits per heavy atom. The Morgan fingerprint density at radius 1 is 0.842 bits per heavy atom. The summed E-state index contributed by atoms with van der Waals surface area (Å²) in [6, 6.07) is 6.15. The van der Waals surface area contributed by atoms with Crippen LogP contribution in [0.1, 0.15) is 40.5 Å². The lowest BCUT2D eigenvalue weighted by molar-refractivity contribution is 0.114. The van der Waals surface area contributed by atoms with Gasteiger partial charge < -0.3 is 14.9 Å². The zero-order valence-corrected chi connectivity index (χ0v) is 12.6. The second-order valence-corrected chi connectivity index (χ2v) is 5.47. The molecule has 19 heavy (non-hydrogen) atoms. The Hall–Kier alpha value is -1.22. The number of benzene rings is 1. The van der Waals surface area contributed by atoms with Gasteiger partial charge in [0.15, 0.2) is 11.5 Å². The summed E-state index contributed by atoms with van der Waals surface area (Å²) in [5.41, 5.74) is 0. The second-order valence-electron chi connectivity index (χ2n) is 5.47. The van der Waals surface area contributed by atoms with Gasteiger partial charge in [-0.3, -0.25) is 0 Å². The van der Waals surface area contributed by atoms with E-state index in [1.54, 1.807) is 12.1 Å². The van der Waals surface area contributed by atoms with Gasteiger partial charge in [-0.1, -0.05) is 39.8 Å². The Balaban J connectivity index is 0.000000356. The van der Waals surface area contributed by atoms with Crippen LogP contribution >= 0.6 is 0 Å². The summed E-state index contributed by atoms with van der Waals surface area (Å²) in [4.78, 5) is 0. The van der Waals surface area contributed by atoms with E-state index in [9.17, 15) is 0 Å². The molecule has 1 aromatic carbocycles. The van der Waals surface area contributed by atoms with Gasteiger partial charge in [0.25, 0.3) is 0 Å². The van der Waals surface area contributed by atoms with Crippen LogP contribution in [0.15, 0.2) is 24.3 Å². The highest BCUT2D eigenvalue weighted by molar-refractivity contribution is 5.36. The van der Waals surface area contributed by atoms with E-state index >= 15 is 0 Å². The minimum atomic E-state index is -0.0764. The van der Waals surface area contributed by atoms with E-state index in [4.69, 9.17) is 14.9 Å². The van der Waals surface area contributed by atoms with E-state index in [-0.39, 0.29) is 11.5 Å². The molecule has 0 spiro atoms. The quantitative estimate of drug-likeness (QED) is 0.600. The molecule has 2 N–H and O–H groups in total. The summed E-state index contributed by atoms with van der Waals surface area (Å²) >= 11 is 0. The van der Waals surface area contributed by atoms with Crippen LogP contribution in [0.5, 0.6) is 11.5 Å². The maximum atomic E-state index is 8.67. The molecule has 1 aromatic rings. The number of para-hydroxylation sites is 2. The largest absolute Gasteiger partial charge is 0.504 e. The van der Waals surface area contributed by atoms with E-state index in [0.717, 1.165) is 25.0 Å². The third-order valence-corrected chi connectivity index (χ3v) is 2.56. The van der Waals surface area contributed by atoms with E-state index in [1.807, 2.05) is 0 Å². The van der Waals surface area contributed by atoms with Crippen LogP contribution in [0.3, 0.4) is 0 Å². The number of aromatic hydroxyl groups is 2. The zero-order valence-electron chi connectivity index (χ0n) is 12.6. The standard InChI is InChI=1S/C10H22O.C6H6O2/c1-9(2)5-7-11-8-6-10(3)4;7-5-3-1-2-4-6(5)8/h9-10H,5-8H2,1-4H3;1-4,7-8H. The first kappa shape index (κ1) is 17.8. The highest BCUT2D eigenvalue weighted by Crippen LogP contribution is 2.21. The highest BCUT2D eigenvalue weighted by Gasteiger charge is 1.95. The normalized spacial score (nSPS) is 10.4. The lowest BCUT2D eigenvalue weighted by Gasteiger charge is -2.07. The number of rotatable bonds is 6. The summed E-state index contributed by atoms with van der Waals surface area (Å²) in [6.07, 6.45) is 2.39. The number of phenolic OH excluding ortho intramolecular Hbond substituents is 2. The van der Waals surface area contributed by atoms with Gasteiger partial charge in [-0.2, -0.15) is 0 Å². The van der Waals surface area contributed by atoms with Gasteiger partial charge in [-0.15, -0.1) is 0 Å². The molecule has 0 aromatic heterocycles.